The zero-order chi connectivity index (χ0) is 29.5. The van der Waals surface area contributed by atoms with Crippen LogP contribution in [-0.4, -0.2) is 4.57 Å². The molecule has 1 heteroatoms. The predicted molar refractivity (Wildman–Crippen MR) is 191 cm³/mol. The quantitative estimate of drug-likeness (QED) is 0.199. The number of nitrogens with zero attached hydrogens (tertiary/aromatic N) is 1. The minimum atomic E-state index is 1.17. The lowest BCUT2D eigenvalue weighted by Gasteiger charge is -2.15. The molecule has 0 saturated carbocycles. The van der Waals surface area contributed by atoms with Gasteiger partial charge in [0.25, 0.3) is 0 Å². The van der Waals surface area contributed by atoms with Gasteiger partial charge in [-0.25, -0.2) is 0 Å². The van der Waals surface area contributed by atoms with E-state index < -0.39 is 0 Å². The van der Waals surface area contributed by atoms with Crippen LogP contribution in [-0.2, 0) is 0 Å². The Balaban J connectivity index is 1.39. The Labute approximate surface area is 261 Å². The summed E-state index contributed by atoms with van der Waals surface area (Å²) in [5, 5.41) is 7.79. The Morgan fingerprint density at radius 2 is 0.889 bits per heavy atom. The topological polar surface area (TPSA) is 4.93 Å². The van der Waals surface area contributed by atoms with Crippen LogP contribution >= 0.6 is 0 Å². The SMILES string of the molecule is c1ccc(-c2cc(-c3ccccc3)cc(-n3c4cc5ccccc5cc4c4c5cccc6c5c(cc43)-c3ccccc3-6)c2)cc1. The maximum Gasteiger partial charge on any atom is 0.0553 e. The van der Waals surface area contributed by atoms with E-state index in [1.165, 1.54) is 93.5 Å². The zero-order valence-electron chi connectivity index (χ0n) is 24.5. The lowest BCUT2D eigenvalue weighted by molar-refractivity contribution is 1.18. The summed E-state index contributed by atoms with van der Waals surface area (Å²) < 4.78 is 2.51. The summed E-state index contributed by atoms with van der Waals surface area (Å²) in [5.74, 6) is 0. The fraction of sp³-hybridized carbons (Fsp3) is 0. The van der Waals surface area contributed by atoms with E-state index in [2.05, 4.69) is 168 Å². The van der Waals surface area contributed by atoms with E-state index in [9.17, 15) is 0 Å². The molecule has 1 aliphatic carbocycles. The van der Waals surface area contributed by atoms with E-state index in [1.54, 1.807) is 0 Å². The number of hydrogen-bond acceptors (Lipinski definition) is 0. The van der Waals surface area contributed by atoms with Crippen molar-refractivity contribution in [2.45, 2.75) is 0 Å². The molecule has 10 rings (SSSR count). The molecule has 0 bridgehead atoms. The largest absolute Gasteiger partial charge is 0.309 e. The first-order valence-electron chi connectivity index (χ1n) is 15.6. The van der Waals surface area contributed by atoms with Crippen molar-refractivity contribution >= 4 is 43.4 Å². The molecule has 0 amide bonds. The lowest BCUT2D eigenvalue weighted by atomic mass is 9.97. The number of rotatable bonds is 3. The van der Waals surface area contributed by atoms with Gasteiger partial charge in [0.15, 0.2) is 0 Å². The predicted octanol–water partition coefficient (Wildman–Crippen LogP) is 12.1. The summed E-state index contributed by atoms with van der Waals surface area (Å²) in [7, 11) is 0. The Bertz CT molecular complexity index is 2570. The molecular weight excluding hydrogens is 542 g/mol. The van der Waals surface area contributed by atoms with Crippen molar-refractivity contribution in [1.82, 2.24) is 4.57 Å². The normalized spacial score (nSPS) is 12.0. The van der Waals surface area contributed by atoms with Crippen molar-refractivity contribution in [2.24, 2.45) is 0 Å². The molecule has 1 aliphatic rings. The minimum absolute atomic E-state index is 1.17. The van der Waals surface area contributed by atoms with E-state index in [-0.39, 0.29) is 0 Å². The highest BCUT2D eigenvalue weighted by atomic mass is 15.0. The summed E-state index contributed by atoms with van der Waals surface area (Å²) in [4.78, 5) is 0. The maximum absolute atomic E-state index is 2.51. The smallest absolute Gasteiger partial charge is 0.0553 e. The van der Waals surface area contributed by atoms with Gasteiger partial charge in [0.05, 0.1) is 11.0 Å². The van der Waals surface area contributed by atoms with Gasteiger partial charge in [-0.05, 0) is 102 Å². The van der Waals surface area contributed by atoms with Gasteiger partial charge in [-0.1, -0.05) is 127 Å². The first kappa shape index (κ1) is 24.5. The van der Waals surface area contributed by atoms with Crippen LogP contribution in [0.3, 0.4) is 0 Å². The van der Waals surface area contributed by atoms with Gasteiger partial charge in [0, 0.05) is 16.5 Å². The average molecular weight is 570 g/mol. The molecule has 0 aliphatic heterocycles. The summed E-state index contributed by atoms with van der Waals surface area (Å²) in [5.41, 5.74) is 13.8. The van der Waals surface area contributed by atoms with E-state index in [1.807, 2.05) is 0 Å². The fourth-order valence-electron chi connectivity index (χ4n) is 7.68. The van der Waals surface area contributed by atoms with Crippen molar-refractivity contribution < 1.29 is 0 Å². The number of aromatic nitrogens is 1. The zero-order valence-corrected chi connectivity index (χ0v) is 24.5. The summed E-state index contributed by atoms with van der Waals surface area (Å²) >= 11 is 0. The molecule has 1 nitrogen and oxygen atoms in total. The van der Waals surface area contributed by atoms with Crippen LogP contribution in [0.1, 0.15) is 0 Å². The van der Waals surface area contributed by atoms with Gasteiger partial charge in [-0.15, -0.1) is 0 Å². The van der Waals surface area contributed by atoms with Gasteiger partial charge in [-0.2, -0.15) is 0 Å². The summed E-state index contributed by atoms with van der Waals surface area (Å²) in [6.07, 6.45) is 0. The highest BCUT2D eigenvalue weighted by Crippen LogP contribution is 2.51. The lowest BCUT2D eigenvalue weighted by Crippen LogP contribution is -1.96. The van der Waals surface area contributed by atoms with Crippen molar-refractivity contribution in [1.29, 1.82) is 0 Å². The monoisotopic (exact) mass is 569 g/mol. The molecule has 0 unspecified atom stereocenters. The van der Waals surface area contributed by atoms with Crippen molar-refractivity contribution in [3.05, 3.63) is 164 Å². The van der Waals surface area contributed by atoms with Gasteiger partial charge in [-0.3, -0.25) is 0 Å². The first-order valence-corrected chi connectivity index (χ1v) is 15.6. The van der Waals surface area contributed by atoms with E-state index in [4.69, 9.17) is 0 Å². The fourth-order valence-corrected chi connectivity index (χ4v) is 7.68. The molecule has 0 radical (unpaired) electrons. The van der Waals surface area contributed by atoms with Crippen LogP contribution in [0.15, 0.2) is 164 Å². The molecule has 0 spiro atoms. The number of fused-ring (bicyclic) bond motifs is 8. The van der Waals surface area contributed by atoms with Crippen molar-refractivity contribution in [3.63, 3.8) is 0 Å². The Morgan fingerprint density at radius 1 is 0.311 bits per heavy atom. The van der Waals surface area contributed by atoms with Crippen LogP contribution in [0.2, 0.25) is 0 Å². The first-order chi connectivity index (χ1) is 22.3. The molecule has 1 heterocycles. The molecule has 208 valence electrons. The maximum atomic E-state index is 2.51. The molecule has 9 aromatic rings. The van der Waals surface area contributed by atoms with Crippen LogP contribution in [0.4, 0.5) is 0 Å². The molecule has 0 fully saturated rings. The van der Waals surface area contributed by atoms with Crippen LogP contribution in [0.25, 0.3) is 93.5 Å². The average Bonchev–Trinajstić information content (AvgIpc) is 3.61. The second kappa shape index (κ2) is 9.29. The molecule has 8 aromatic carbocycles. The van der Waals surface area contributed by atoms with Gasteiger partial charge < -0.3 is 4.57 Å². The molecule has 1 aromatic heterocycles. The van der Waals surface area contributed by atoms with Gasteiger partial charge in [0.2, 0.25) is 0 Å². The molecule has 0 atom stereocenters. The minimum Gasteiger partial charge on any atom is -0.309 e. The third-order valence-electron chi connectivity index (χ3n) is 9.65. The Hall–Kier alpha value is -5.92. The van der Waals surface area contributed by atoms with Crippen LogP contribution in [0.5, 0.6) is 0 Å². The van der Waals surface area contributed by atoms with E-state index in [0.29, 0.717) is 0 Å². The Kier molecular flexibility index (Phi) is 5.06. The van der Waals surface area contributed by atoms with Crippen molar-refractivity contribution in [3.8, 4) is 50.2 Å². The van der Waals surface area contributed by atoms with Gasteiger partial charge >= 0.3 is 0 Å². The molecule has 0 N–H and O–H groups in total. The highest BCUT2D eigenvalue weighted by Gasteiger charge is 2.25. The second-order valence-corrected chi connectivity index (χ2v) is 12.1. The third-order valence-corrected chi connectivity index (χ3v) is 9.65. The van der Waals surface area contributed by atoms with Crippen molar-refractivity contribution in [2.75, 3.05) is 0 Å². The summed E-state index contributed by atoms with van der Waals surface area (Å²) in [6.45, 7) is 0. The number of benzene rings is 8. The van der Waals surface area contributed by atoms with Gasteiger partial charge in [0.1, 0.15) is 0 Å². The van der Waals surface area contributed by atoms with E-state index >= 15 is 0 Å². The standard InChI is InChI=1S/C44H27N/c1-3-12-28(13-4-1)32-22-33(29-14-5-2-6-15-29)24-34(23-32)45-41-26-31-17-8-7-16-30(31)25-40(41)44-38-21-11-20-37-35-18-9-10-19-36(35)39(43(37)38)27-42(44)45/h1-27H. The molecular formula is C44H27N. The highest BCUT2D eigenvalue weighted by molar-refractivity contribution is 6.30. The molecule has 0 saturated heterocycles. The number of hydrogen-bond donors (Lipinski definition) is 0. The second-order valence-electron chi connectivity index (χ2n) is 12.1. The van der Waals surface area contributed by atoms with Crippen LogP contribution in [0, 0.1) is 0 Å². The third kappa shape index (κ3) is 3.56. The Morgan fingerprint density at radius 3 is 1.58 bits per heavy atom. The summed E-state index contributed by atoms with van der Waals surface area (Å²) in [6, 6.07) is 60.3. The van der Waals surface area contributed by atoms with Crippen LogP contribution < -0.4 is 0 Å². The molecule has 45 heavy (non-hydrogen) atoms. The van der Waals surface area contributed by atoms with E-state index in [0.717, 1.165) is 0 Å².